The van der Waals surface area contributed by atoms with Gasteiger partial charge in [0.05, 0.1) is 16.8 Å². The largest absolute Gasteiger partial charge is 0.393 e. The third kappa shape index (κ3) is 4.55. The lowest BCUT2D eigenvalue weighted by atomic mass is 10.1. The molecule has 144 valence electrons. The van der Waals surface area contributed by atoms with Crippen LogP contribution >= 0.6 is 11.6 Å². The van der Waals surface area contributed by atoms with E-state index in [1.54, 1.807) is 11.9 Å². The number of nitrogens with zero attached hydrogens (tertiary/aromatic N) is 3. The summed E-state index contributed by atoms with van der Waals surface area (Å²) in [5.41, 5.74) is 0.460. The molecule has 2 aromatic rings. The normalized spacial score (nSPS) is 14.9. The van der Waals surface area contributed by atoms with E-state index in [4.69, 9.17) is 11.6 Å². The van der Waals surface area contributed by atoms with Crippen LogP contribution in [0.5, 0.6) is 0 Å². The maximum Gasteiger partial charge on any atom is 0.323 e. The molecule has 0 saturated carbocycles. The van der Waals surface area contributed by atoms with Gasteiger partial charge in [-0.25, -0.2) is 9.18 Å². The van der Waals surface area contributed by atoms with Gasteiger partial charge < -0.3 is 15.3 Å². The fourth-order valence-electron chi connectivity index (χ4n) is 2.78. The predicted molar refractivity (Wildman–Crippen MR) is 98.4 cm³/mol. The second kappa shape index (κ2) is 7.93. The number of carbonyl (C=O) groups is 2. The summed E-state index contributed by atoms with van der Waals surface area (Å²) in [6, 6.07) is 4.74. The highest BCUT2D eigenvalue weighted by Gasteiger charge is 2.23. The number of benzene rings is 1. The van der Waals surface area contributed by atoms with E-state index < -0.39 is 11.7 Å². The van der Waals surface area contributed by atoms with Crippen molar-refractivity contribution in [3.63, 3.8) is 0 Å². The summed E-state index contributed by atoms with van der Waals surface area (Å²) in [7, 11) is 1.56. The first-order chi connectivity index (χ1) is 12.8. The van der Waals surface area contributed by atoms with Crippen molar-refractivity contribution in [1.29, 1.82) is 0 Å². The van der Waals surface area contributed by atoms with Crippen LogP contribution in [0.25, 0.3) is 0 Å². The van der Waals surface area contributed by atoms with Crippen molar-refractivity contribution >= 4 is 35.0 Å². The summed E-state index contributed by atoms with van der Waals surface area (Å²) in [6.45, 7) is 0.909. The fourth-order valence-corrected chi connectivity index (χ4v) is 2.99. The molecule has 8 nitrogen and oxygen atoms in total. The number of likely N-dealkylation sites (tertiary alicyclic amines) is 1. The number of hydrogen-bond acceptors (Lipinski definition) is 4. The molecule has 0 aliphatic carbocycles. The Bertz CT molecular complexity index is 864. The van der Waals surface area contributed by atoms with E-state index >= 15 is 0 Å². The van der Waals surface area contributed by atoms with Gasteiger partial charge in [-0.2, -0.15) is 5.10 Å². The molecule has 0 spiro atoms. The monoisotopic (exact) mass is 395 g/mol. The third-order valence-electron chi connectivity index (χ3n) is 4.28. The number of aliphatic hydroxyl groups excluding tert-OH is 1. The van der Waals surface area contributed by atoms with Crippen LogP contribution in [0.4, 0.5) is 20.7 Å². The molecule has 0 radical (unpaired) electrons. The molecule has 0 bridgehead atoms. The van der Waals surface area contributed by atoms with Crippen LogP contribution in [-0.2, 0) is 7.05 Å². The van der Waals surface area contributed by atoms with Crippen LogP contribution in [0, 0.1) is 5.82 Å². The molecule has 1 aromatic carbocycles. The molecule has 3 rings (SSSR count). The zero-order valence-electron chi connectivity index (χ0n) is 14.6. The quantitative estimate of drug-likeness (QED) is 0.743. The highest BCUT2D eigenvalue weighted by molar-refractivity contribution is 6.33. The molecule has 1 fully saturated rings. The molecule has 27 heavy (non-hydrogen) atoms. The van der Waals surface area contributed by atoms with Gasteiger partial charge in [0, 0.05) is 26.2 Å². The lowest BCUT2D eigenvalue weighted by Crippen LogP contribution is -2.42. The molecular formula is C17H19ClFN5O3. The number of nitrogens with one attached hydrogen (secondary N) is 2. The molecule has 1 aromatic heterocycles. The van der Waals surface area contributed by atoms with Gasteiger partial charge in [0.1, 0.15) is 11.5 Å². The van der Waals surface area contributed by atoms with Crippen molar-refractivity contribution in [2.75, 3.05) is 23.7 Å². The van der Waals surface area contributed by atoms with E-state index in [1.165, 1.54) is 22.9 Å². The van der Waals surface area contributed by atoms with Gasteiger partial charge in [-0.1, -0.05) is 11.6 Å². The number of rotatable bonds is 3. The Morgan fingerprint density at radius 2 is 1.96 bits per heavy atom. The average Bonchev–Trinajstić information content (AvgIpc) is 2.98. The number of piperidine rings is 1. The summed E-state index contributed by atoms with van der Waals surface area (Å²) in [5.74, 6) is -0.780. The van der Waals surface area contributed by atoms with Crippen molar-refractivity contribution in [2.24, 2.45) is 7.05 Å². The molecule has 10 heteroatoms. The molecule has 1 aliphatic rings. The number of halogens is 2. The summed E-state index contributed by atoms with van der Waals surface area (Å²) < 4.78 is 14.4. The van der Waals surface area contributed by atoms with Crippen molar-refractivity contribution in [1.82, 2.24) is 14.7 Å². The van der Waals surface area contributed by atoms with Crippen LogP contribution in [0.3, 0.4) is 0 Å². The molecule has 1 saturated heterocycles. The number of aromatic nitrogens is 2. The highest BCUT2D eigenvalue weighted by Crippen LogP contribution is 2.23. The Hall–Kier alpha value is -2.65. The van der Waals surface area contributed by atoms with Crippen LogP contribution in [0.15, 0.2) is 24.3 Å². The first-order valence-corrected chi connectivity index (χ1v) is 8.75. The molecule has 0 unspecified atom stereocenters. The topological polar surface area (TPSA) is 99.5 Å². The third-order valence-corrected chi connectivity index (χ3v) is 4.59. The van der Waals surface area contributed by atoms with E-state index in [1.807, 2.05) is 0 Å². The zero-order valence-corrected chi connectivity index (χ0v) is 15.3. The van der Waals surface area contributed by atoms with E-state index in [-0.39, 0.29) is 34.4 Å². The molecule has 2 heterocycles. The predicted octanol–water partition coefficient (Wildman–Crippen LogP) is 2.45. The Kier molecular flexibility index (Phi) is 5.62. The minimum atomic E-state index is -0.506. The SMILES string of the molecule is Cn1nc(NC(=O)N2CCC(O)CC2)cc1C(=O)Nc1ccc(F)cc1Cl. The number of hydrogen-bond donors (Lipinski definition) is 3. The number of aliphatic hydroxyl groups is 1. The standard InChI is InChI=1S/C17H19ClFN5O3/c1-23-14(16(26)20-13-3-2-10(19)8-12(13)18)9-15(22-23)21-17(27)24-6-4-11(25)5-7-24/h2-3,8-9,11,25H,4-7H2,1H3,(H,20,26)(H,21,22,27). The maximum absolute atomic E-state index is 13.1. The van der Waals surface area contributed by atoms with Crippen LogP contribution in [0.1, 0.15) is 23.3 Å². The minimum absolute atomic E-state index is 0.0753. The maximum atomic E-state index is 13.1. The molecule has 3 amide bonds. The Morgan fingerprint density at radius 3 is 2.63 bits per heavy atom. The lowest BCUT2D eigenvalue weighted by molar-refractivity contribution is 0.0970. The Morgan fingerprint density at radius 1 is 1.26 bits per heavy atom. The van der Waals surface area contributed by atoms with Crippen molar-refractivity contribution in [2.45, 2.75) is 18.9 Å². The smallest absolute Gasteiger partial charge is 0.323 e. The van der Waals surface area contributed by atoms with Gasteiger partial charge in [-0.05, 0) is 31.0 Å². The van der Waals surface area contributed by atoms with Gasteiger partial charge in [0.2, 0.25) is 0 Å². The molecule has 3 N–H and O–H groups in total. The average molecular weight is 396 g/mol. The van der Waals surface area contributed by atoms with Gasteiger partial charge in [0.25, 0.3) is 5.91 Å². The minimum Gasteiger partial charge on any atom is -0.393 e. The molecule has 1 aliphatic heterocycles. The van der Waals surface area contributed by atoms with Crippen molar-refractivity contribution in [3.05, 3.63) is 40.8 Å². The number of amides is 3. The Balaban J connectivity index is 1.66. The number of anilines is 2. The van der Waals surface area contributed by atoms with E-state index in [0.29, 0.717) is 25.9 Å². The Labute approximate surface area is 159 Å². The van der Waals surface area contributed by atoms with E-state index in [0.717, 1.165) is 6.07 Å². The van der Waals surface area contributed by atoms with Crippen LogP contribution in [-0.4, -0.2) is 50.9 Å². The van der Waals surface area contributed by atoms with Gasteiger partial charge in [-0.3, -0.25) is 14.8 Å². The fraction of sp³-hybridized carbons (Fsp3) is 0.353. The van der Waals surface area contributed by atoms with Gasteiger partial charge in [0.15, 0.2) is 5.82 Å². The second-order valence-corrected chi connectivity index (χ2v) is 6.67. The number of urea groups is 1. The second-order valence-electron chi connectivity index (χ2n) is 6.27. The summed E-state index contributed by atoms with van der Waals surface area (Å²) >= 11 is 5.91. The van der Waals surface area contributed by atoms with Crippen molar-refractivity contribution < 1.29 is 19.1 Å². The molecular weight excluding hydrogens is 377 g/mol. The summed E-state index contributed by atoms with van der Waals surface area (Å²) in [5, 5.41) is 18.9. The number of aryl methyl sites for hydroxylation is 1. The van der Waals surface area contributed by atoms with E-state index in [9.17, 15) is 19.1 Å². The van der Waals surface area contributed by atoms with Crippen molar-refractivity contribution in [3.8, 4) is 0 Å². The number of carbonyl (C=O) groups excluding carboxylic acids is 2. The first kappa shape index (κ1) is 19.1. The van der Waals surface area contributed by atoms with E-state index in [2.05, 4.69) is 15.7 Å². The summed E-state index contributed by atoms with van der Waals surface area (Å²) in [6.07, 6.45) is 0.682. The van der Waals surface area contributed by atoms with Gasteiger partial charge >= 0.3 is 6.03 Å². The van der Waals surface area contributed by atoms with Crippen LogP contribution in [0.2, 0.25) is 5.02 Å². The summed E-state index contributed by atoms with van der Waals surface area (Å²) in [4.78, 5) is 26.3. The highest BCUT2D eigenvalue weighted by atomic mass is 35.5. The molecule has 0 atom stereocenters. The lowest BCUT2D eigenvalue weighted by Gasteiger charge is -2.29. The van der Waals surface area contributed by atoms with Crippen LogP contribution < -0.4 is 10.6 Å². The zero-order chi connectivity index (χ0) is 19.6. The van der Waals surface area contributed by atoms with Gasteiger partial charge in [-0.15, -0.1) is 0 Å². The first-order valence-electron chi connectivity index (χ1n) is 8.38.